The second kappa shape index (κ2) is 5.85. The van der Waals surface area contributed by atoms with E-state index < -0.39 is 10.0 Å². The van der Waals surface area contributed by atoms with Gasteiger partial charge in [0.05, 0.1) is 17.0 Å². The third-order valence-corrected chi connectivity index (χ3v) is 5.12. The van der Waals surface area contributed by atoms with E-state index in [0.29, 0.717) is 36.2 Å². The summed E-state index contributed by atoms with van der Waals surface area (Å²) in [6.45, 7) is 2.15. The topological polar surface area (TPSA) is 66.6 Å². The first-order valence-electron chi connectivity index (χ1n) is 6.08. The highest BCUT2D eigenvalue weighted by Gasteiger charge is 2.24. The van der Waals surface area contributed by atoms with Crippen LogP contribution < -0.4 is 10.6 Å². The molecule has 0 unspecified atom stereocenters. The highest BCUT2D eigenvalue weighted by atomic mass is 35.5. The summed E-state index contributed by atoms with van der Waals surface area (Å²) in [6, 6.07) is 5.43. The molecule has 0 saturated carbocycles. The molecule has 0 spiro atoms. The molecule has 1 aromatic carbocycles. The van der Waals surface area contributed by atoms with E-state index >= 15 is 0 Å². The smallest absolute Gasteiger partial charge is 0.211 e. The number of sulfonamides is 1. The fraction of sp³-hybridized carbons (Fsp3) is 0.417. The van der Waals surface area contributed by atoms with Crippen molar-refractivity contribution >= 4 is 44.5 Å². The van der Waals surface area contributed by atoms with Gasteiger partial charge in [-0.15, -0.1) is 0 Å². The Kier molecular flexibility index (Phi) is 4.53. The largest absolute Gasteiger partial charge is 0.389 e. The Morgan fingerprint density at radius 2 is 1.90 bits per heavy atom. The number of hydrogen-bond acceptors (Lipinski definition) is 4. The molecule has 20 heavy (non-hydrogen) atoms. The van der Waals surface area contributed by atoms with Crippen molar-refractivity contribution in [1.29, 1.82) is 0 Å². The maximum absolute atomic E-state index is 11.5. The SMILES string of the molecule is CS(=O)(=O)N1CCN(c2ccc(C(N)=S)cc2Cl)CC1. The van der Waals surface area contributed by atoms with Crippen molar-refractivity contribution in [3.05, 3.63) is 28.8 Å². The Bertz CT molecular complexity index is 626. The summed E-state index contributed by atoms with van der Waals surface area (Å²) >= 11 is 11.2. The summed E-state index contributed by atoms with van der Waals surface area (Å²) in [5, 5.41) is 0.572. The first kappa shape index (κ1) is 15.5. The number of halogens is 1. The van der Waals surface area contributed by atoms with E-state index in [1.165, 1.54) is 10.6 Å². The second-order valence-electron chi connectivity index (χ2n) is 4.68. The van der Waals surface area contributed by atoms with Crippen LogP contribution in [0.4, 0.5) is 5.69 Å². The van der Waals surface area contributed by atoms with Gasteiger partial charge in [0.1, 0.15) is 4.99 Å². The van der Waals surface area contributed by atoms with E-state index in [1.54, 1.807) is 6.07 Å². The zero-order valence-electron chi connectivity index (χ0n) is 11.0. The molecular formula is C12H16ClN3O2S2. The maximum Gasteiger partial charge on any atom is 0.211 e. The lowest BCUT2D eigenvalue weighted by atomic mass is 10.2. The molecule has 0 aromatic heterocycles. The van der Waals surface area contributed by atoms with Gasteiger partial charge in [-0.3, -0.25) is 0 Å². The van der Waals surface area contributed by atoms with Gasteiger partial charge in [-0.25, -0.2) is 8.42 Å². The molecule has 2 N–H and O–H groups in total. The molecule has 0 radical (unpaired) electrons. The number of benzene rings is 1. The summed E-state index contributed by atoms with van der Waals surface area (Å²) in [5.41, 5.74) is 7.16. The van der Waals surface area contributed by atoms with Crippen LogP contribution in [-0.2, 0) is 10.0 Å². The molecule has 0 amide bonds. The predicted octanol–water partition coefficient (Wildman–Crippen LogP) is 1.06. The van der Waals surface area contributed by atoms with Crippen LogP contribution in [0.25, 0.3) is 0 Å². The quantitative estimate of drug-likeness (QED) is 0.838. The Hall–Kier alpha value is -0.890. The van der Waals surface area contributed by atoms with Gasteiger partial charge in [-0.1, -0.05) is 23.8 Å². The molecule has 0 aliphatic carbocycles. The number of nitrogens with zero attached hydrogens (tertiary/aromatic N) is 2. The number of rotatable bonds is 3. The van der Waals surface area contributed by atoms with Crippen molar-refractivity contribution in [1.82, 2.24) is 4.31 Å². The number of thiocarbonyl (C=S) groups is 1. The van der Waals surface area contributed by atoms with Gasteiger partial charge in [0.2, 0.25) is 10.0 Å². The summed E-state index contributed by atoms with van der Waals surface area (Å²) in [6.07, 6.45) is 1.23. The van der Waals surface area contributed by atoms with Crippen LogP contribution in [0.5, 0.6) is 0 Å². The zero-order chi connectivity index (χ0) is 14.9. The highest BCUT2D eigenvalue weighted by Crippen LogP contribution is 2.28. The van der Waals surface area contributed by atoms with Crippen LogP contribution >= 0.6 is 23.8 Å². The van der Waals surface area contributed by atoms with Crippen LogP contribution in [0, 0.1) is 0 Å². The standard InChI is InChI=1S/C12H16ClN3O2S2/c1-20(17,18)16-6-4-15(5-7-16)11-3-2-9(12(14)19)8-10(11)13/h2-3,8H,4-7H2,1H3,(H2,14,19). The molecule has 1 aliphatic heterocycles. The van der Waals surface area contributed by atoms with Crippen molar-refractivity contribution in [3.63, 3.8) is 0 Å². The van der Waals surface area contributed by atoms with E-state index in [1.807, 2.05) is 12.1 Å². The number of piperazine rings is 1. The van der Waals surface area contributed by atoms with Gasteiger partial charge in [-0.05, 0) is 18.2 Å². The van der Waals surface area contributed by atoms with Crippen molar-refractivity contribution in [3.8, 4) is 0 Å². The molecule has 1 fully saturated rings. The van der Waals surface area contributed by atoms with Gasteiger partial charge in [0.25, 0.3) is 0 Å². The molecule has 1 aromatic rings. The minimum atomic E-state index is -3.12. The van der Waals surface area contributed by atoms with Crippen molar-refractivity contribution in [2.75, 3.05) is 37.3 Å². The number of anilines is 1. The zero-order valence-corrected chi connectivity index (χ0v) is 13.4. The average Bonchev–Trinajstić information content (AvgIpc) is 2.37. The first-order valence-corrected chi connectivity index (χ1v) is 8.72. The Labute approximate surface area is 129 Å². The van der Waals surface area contributed by atoms with Gasteiger partial charge in [0, 0.05) is 31.7 Å². The maximum atomic E-state index is 11.5. The lowest BCUT2D eigenvalue weighted by Crippen LogP contribution is -2.48. The number of hydrogen-bond donors (Lipinski definition) is 1. The monoisotopic (exact) mass is 333 g/mol. The Morgan fingerprint density at radius 3 is 2.35 bits per heavy atom. The van der Waals surface area contributed by atoms with Gasteiger partial charge in [0.15, 0.2) is 0 Å². The average molecular weight is 334 g/mol. The number of nitrogens with two attached hydrogens (primary N) is 1. The third kappa shape index (κ3) is 3.41. The van der Waals surface area contributed by atoms with E-state index in [0.717, 1.165) is 11.3 Å². The molecular weight excluding hydrogens is 318 g/mol. The lowest BCUT2D eigenvalue weighted by Gasteiger charge is -2.35. The Morgan fingerprint density at radius 1 is 1.30 bits per heavy atom. The summed E-state index contributed by atoms with van der Waals surface area (Å²) in [4.78, 5) is 2.37. The first-order chi connectivity index (χ1) is 9.29. The highest BCUT2D eigenvalue weighted by molar-refractivity contribution is 7.88. The van der Waals surface area contributed by atoms with Crippen molar-refractivity contribution in [2.45, 2.75) is 0 Å². The van der Waals surface area contributed by atoms with Crippen LogP contribution in [-0.4, -0.2) is 50.1 Å². The molecule has 5 nitrogen and oxygen atoms in total. The van der Waals surface area contributed by atoms with Crippen molar-refractivity contribution < 1.29 is 8.42 Å². The summed E-state index contributed by atoms with van der Waals surface area (Å²) < 4.78 is 24.4. The third-order valence-electron chi connectivity index (χ3n) is 3.28. The van der Waals surface area contributed by atoms with Gasteiger partial charge < -0.3 is 10.6 Å². The molecule has 0 bridgehead atoms. The Balaban J connectivity index is 2.13. The molecule has 8 heteroatoms. The second-order valence-corrected chi connectivity index (χ2v) is 7.51. The van der Waals surface area contributed by atoms with Crippen LogP contribution in [0.3, 0.4) is 0 Å². The molecule has 0 atom stereocenters. The van der Waals surface area contributed by atoms with Gasteiger partial charge in [-0.2, -0.15) is 4.31 Å². The van der Waals surface area contributed by atoms with Gasteiger partial charge >= 0.3 is 0 Å². The van der Waals surface area contributed by atoms with E-state index in [-0.39, 0.29) is 0 Å². The fourth-order valence-electron chi connectivity index (χ4n) is 2.18. The minimum Gasteiger partial charge on any atom is -0.389 e. The summed E-state index contributed by atoms with van der Waals surface area (Å²) in [7, 11) is -3.12. The van der Waals surface area contributed by atoms with Crippen LogP contribution in [0.15, 0.2) is 18.2 Å². The van der Waals surface area contributed by atoms with Crippen LogP contribution in [0.2, 0.25) is 5.02 Å². The molecule has 2 rings (SSSR count). The molecule has 1 saturated heterocycles. The van der Waals surface area contributed by atoms with Crippen molar-refractivity contribution in [2.24, 2.45) is 5.73 Å². The fourth-order valence-corrected chi connectivity index (χ4v) is 3.43. The lowest BCUT2D eigenvalue weighted by molar-refractivity contribution is 0.388. The normalized spacial score (nSPS) is 17.2. The van der Waals surface area contributed by atoms with Crippen LogP contribution in [0.1, 0.15) is 5.56 Å². The van der Waals surface area contributed by atoms with E-state index in [2.05, 4.69) is 4.90 Å². The minimum absolute atomic E-state index is 0.306. The summed E-state index contributed by atoms with van der Waals surface area (Å²) in [5.74, 6) is 0. The molecule has 1 aliphatic rings. The molecule has 110 valence electrons. The predicted molar refractivity (Wildman–Crippen MR) is 86.0 cm³/mol. The molecule has 1 heterocycles. The van der Waals surface area contributed by atoms with E-state index in [4.69, 9.17) is 29.6 Å². The van der Waals surface area contributed by atoms with E-state index in [9.17, 15) is 8.42 Å².